The average molecular weight is 750 g/mol. The number of nitrogens with zero attached hydrogens (tertiary/aromatic N) is 2. The topological polar surface area (TPSA) is 116 Å². The van der Waals surface area contributed by atoms with E-state index in [2.05, 4.69) is 5.32 Å². The minimum atomic E-state index is -6.19. The Kier molecular flexibility index (Phi) is 10.6. The molecule has 0 bridgehead atoms. The van der Waals surface area contributed by atoms with Gasteiger partial charge in [-0.3, -0.25) is 13.5 Å². The number of ether oxygens (including phenoxy) is 1. The number of rotatable bonds is 9. The lowest BCUT2D eigenvalue weighted by atomic mass is 9.87. The van der Waals surface area contributed by atoms with Crippen molar-refractivity contribution in [3.05, 3.63) is 95.3 Å². The molecule has 0 aromatic heterocycles. The molecule has 0 saturated carbocycles. The van der Waals surface area contributed by atoms with Gasteiger partial charge in [0.25, 0.3) is 15.6 Å². The molecule has 1 fully saturated rings. The number of hydrogen-bond donors (Lipinski definition) is 2. The minimum absolute atomic E-state index is 0.0534. The van der Waals surface area contributed by atoms with Crippen molar-refractivity contribution in [3.63, 3.8) is 0 Å². The van der Waals surface area contributed by atoms with Crippen molar-refractivity contribution < 1.29 is 63.0 Å². The molecule has 2 heterocycles. The van der Waals surface area contributed by atoms with Crippen LogP contribution in [0.5, 0.6) is 0 Å². The van der Waals surface area contributed by atoms with Crippen LogP contribution in [0, 0.1) is 11.7 Å². The molecule has 2 aliphatic rings. The van der Waals surface area contributed by atoms with Crippen molar-refractivity contribution in [2.24, 2.45) is 5.92 Å². The van der Waals surface area contributed by atoms with Crippen molar-refractivity contribution >= 4 is 27.7 Å². The summed E-state index contributed by atoms with van der Waals surface area (Å²) in [5.74, 6) is -2.43. The normalized spacial score (nSPS) is 19.8. The number of likely N-dealkylation sites (tertiary alicyclic amines) is 1. The number of alkyl halides is 7. The standard InChI is InChI=1S/C33H31F8N3O6S/c34-16-22-17-43(30(46)50-19-20-4-2-1-3-5-20)18-27(22)42-29(45)15-25-10-6-21-14-23(31(47,32(36,37)38)33(39,40)41)7-13-28(21)44(25)51(48,49)26-11-8-24(35)9-12-26/h1-5,7-9,11-14,22,25,27,47H,6,10,15-19H2,(H,42,45)/t22-,25+,27-/m1/s1. The largest absolute Gasteiger partial charge is 0.445 e. The summed E-state index contributed by atoms with van der Waals surface area (Å²) in [5, 5.41) is 12.5. The maximum atomic E-state index is 14.0. The Hall–Kier alpha value is -4.45. The number of benzene rings is 3. The van der Waals surface area contributed by atoms with Gasteiger partial charge in [-0.2, -0.15) is 26.3 Å². The molecule has 0 aliphatic carbocycles. The summed E-state index contributed by atoms with van der Waals surface area (Å²) < 4.78 is 143. The number of aryl methyl sites for hydroxylation is 1. The Bertz CT molecular complexity index is 1830. The molecule has 18 heteroatoms. The van der Waals surface area contributed by atoms with Gasteiger partial charge < -0.3 is 20.1 Å². The van der Waals surface area contributed by atoms with Crippen molar-refractivity contribution in [2.45, 2.75) is 60.8 Å². The summed E-state index contributed by atoms with van der Waals surface area (Å²) in [6, 6.07) is 11.4. The minimum Gasteiger partial charge on any atom is -0.445 e. The first-order valence-corrected chi connectivity index (χ1v) is 16.9. The van der Waals surface area contributed by atoms with Crippen LogP contribution in [0.25, 0.3) is 0 Å². The van der Waals surface area contributed by atoms with Crippen LogP contribution in [0.1, 0.15) is 29.5 Å². The third-order valence-electron chi connectivity index (χ3n) is 8.87. The summed E-state index contributed by atoms with van der Waals surface area (Å²) in [5.41, 5.74) is -6.84. The number of fused-ring (bicyclic) bond motifs is 1. The zero-order chi connectivity index (χ0) is 37.4. The van der Waals surface area contributed by atoms with E-state index in [1.54, 1.807) is 30.3 Å². The highest BCUT2D eigenvalue weighted by Gasteiger charge is 2.71. The number of amides is 2. The lowest BCUT2D eigenvalue weighted by Gasteiger charge is -2.39. The quantitative estimate of drug-likeness (QED) is 0.269. The van der Waals surface area contributed by atoms with Crippen LogP contribution in [0.3, 0.4) is 0 Å². The number of hydrogen-bond acceptors (Lipinski definition) is 6. The number of anilines is 1. The lowest BCUT2D eigenvalue weighted by Crippen LogP contribution is -2.54. The molecule has 276 valence electrons. The summed E-state index contributed by atoms with van der Waals surface area (Å²) >= 11 is 0. The second kappa shape index (κ2) is 14.3. The van der Waals surface area contributed by atoms with E-state index in [1.165, 1.54) is 4.90 Å². The number of aliphatic hydroxyl groups is 1. The van der Waals surface area contributed by atoms with E-state index in [0.717, 1.165) is 24.3 Å². The van der Waals surface area contributed by atoms with Crippen LogP contribution in [-0.2, 0) is 38.2 Å². The smallest absolute Gasteiger partial charge is 0.430 e. The van der Waals surface area contributed by atoms with Crippen molar-refractivity contribution in [2.75, 3.05) is 24.1 Å². The Labute approximate surface area is 286 Å². The molecule has 3 aromatic carbocycles. The second-order valence-corrected chi connectivity index (χ2v) is 14.0. The van der Waals surface area contributed by atoms with Gasteiger partial charge in [-0.25, -0.2) is 17.6 Å². The van der Waals surface area contributed by atoms with Gasteiger partial charge in [-0.15, -0.1) is 0 Å². The first-order chi connectivity index (χ1) is 23.9. The predicted molar refractivity (Wildman–Crippen MR) is 165 cm³/mol. The number of sulfonamides is 1. The Morgan fingerprint density at radius 1 is 0.922 bits per heavy atom. The third-order valence-corrected chi connectivity index (χ3v) is 10.8. The number of halogens is 8. The summed E-state index contributed by atoms with van der Waals surface area (Å²) in [6.45, 7) is -1.22. The average Bonchev–Trinajstić information content (AvgIpc) is 3.48. The van der Waals surface area contributed by atoms with E-state index in [9.17, 15) is 58.2 Å². The van der Waals surface area contributed by atoms with Gasteiger partial charge in [-0.1, -0.05) is 42.5 Å². The molecule has 2 aliphatic heterocycles. The van der Waals surface area contributed by atoms with Gasteiger partial charge in [0.05, 0.1) is 29.3 Å². The van der Waals surface area contributed by atoms with Crippen molar-refractivity contribution in [1.29, 1.82) is 0 Å². The van der Waals surface area contributed by atoms with E-state index in [4.69, 9.17) is 4.74 Å². The van der Waals surface area contributed by atoms with Crippen molar-refractivity contribution in [3.8, 4) is 0 Å². The molecule has 3 aromatic rings. The van der Waals surface area contributed by atoms with Crippen LogP contribution in [-0.4, -0.2) is 74.6 Å². The molecule has 9 nitrogen and oxygen atoms in total. The fraction of sp³-hybridized carbons (Fsp3) is 0.394. The molecule has 51 heavy (non-hydrogen) atoms. The highest BCUT2D eigenvalue weighted by atomic mass is 32.2. The molecule has 0 radical (unpaired) electrons. The number of nitrogens with one attached hydrogen (secondary N) is 1. The van der Waals surface area contributed by atoms with Crippen LogP contribution in [0.2, 0.25) is 0 Å². The van der Waals surface area contributed by atoms with Gasteiger partial charge >= 0.3 is 18.4 Å². The SMILES string of the molecule is O=C(C[C@@H]1CCc2cc(C(O)(C(F)(F)F)C(F)(F)F)ccc2N1S(=O)(=O)c1ccc(F)cc1)N[C@@H]1CN(C(=O)OCc2ccccc2)C[C@H]1CF. The number of carbonyl (C=O) groups is 2. The van der Waals surface area contributed by atoms with Gasteiger partial charge in [0.15, 0.2) is 0 Å². The van der Waals surface area contributed by atoms with Gasteiger partial charge in [-0.05, 0) is 54.3 Å². The Morgan fingerprint density at radius 2 is 1.57 bits per heavy atom. The van der Waals surface area contributed by atoms with Crippen molar-refractivity contribution in [1.82, 2.24) is 10.2 Å². The monoisotopic (exact) mass is 749 g/mol. The first-order valence-electron chi connectivity index (χ1n) is 15.5. The Balaban J connectivity index is 1.39. The Morgan fingerprint density at radius 3 is 2.18 bits per heavy atom. The second-order valence-electron chi connectivity index (χ2n) is 12.2. The maximum Gasteiger partial charge on any atom is 0.430 e. The summed E-state index contributed by atoms with van der Waals surface area (Å²) in [4.78, 5) is 26.8. The van der Waals surface area contributed by atoms with E-state index in [0.29, 0.717) is 28.1 Å². The molecule has 5 rings (SSSR count). The van der Waals surface area contributed by atoms with Gasteiger partial charge in [0.2, 0.25) is 5.91 Å². The summed E-state index contributed by atoms with van der Waals surface area (Å²) in [7, 11) is -4.73. The van der Waals surface area contributed by atoms with E-state index < -0.39 is 87.4 Å². The number of carbonyl (C=O) groups excluding carboxylic acids is 2. The fourth-order valence-corrected chi connectivity index (χ4v) is 7.93. The fourth-order valence-electron chi connectivity index (χ4n) is 6.21. The first kappa shape index (κ1) is 37.8. The van der Waals surface area contributed by atoms with Crippen LogP contribution in [0.4, 0.5) is 45.6 Å². The maximum absolute atomic E-state index is 14.0. The molecule has 3 atom stereocenters. The van der Waals surface area contributed by atoms with E-state index in [1.807, 2.05) is 0 Å². The third kappa shape index (κ3) is 7.61. The van der Waals surface area contributed by atoms with Crippen LogP contribution >= 0.6 is 0 Å². The molecule has 0 unspecified atom stereocenters. The van der Waals surface area contributed by atoms with Crippen LogP contribution < -0.4 is 9.62 Å². The highest BCUT2D eigenvalue weighted by molar-refractivity contribution is 7.92. The molecule has 0 spiro atoms. The van der Waals surface area contributed by atoms with E-state index in [-0.39, 0.29) is 43.8 Å². The van der Waals surface area contributed by atoms with E-state index >= 15 is 0 Å². The molecular weight excluding hydrogens is 718 g/mol. The highest BCUT2D eigenvalue weighted by Crippen LogP contribution is 2.51. The molecule has 2 N–H and O–H groups in total. The van der Waals surface area contributed by atoms with Crippen LogP contribution in [0.15, 0.2) is 77.7 Å². The van der Waals surface area contributed by atoms with Gasteiger partial charge in [0, 0.05) is 31.0 Å². The zero-order valence-electron chi connectivity index (χ0n) is 26.4. The predicted octanol–water partition coefficient (Wildman–Crippen LogP) is 5.76. The molecule has 2 amide bonds. The van der Waals surface area contributed by atoms with Gasteiger partial charge in [0.1, 0.15) is 12.4 Å². The molecule has 1 saturated heterocycles. The molecular formula is C33H31F8N3O6S. The lowest BCUT2D eigenvalue weighted by molar-refractivity contribution is -0.376. The summed E-state index contributed by atoms with van der Waals surface area (Å²) in [6.07, 6.45) is -14.3. The zero-order valence-corrected chi connectivity index (χ0v) is 27.2.